The van der Waals surface area contributed by atoms with Crippen molar-refractivity contribution in [3.63, 3.8) is 0 Å². The second-order valence-electron chi connectivity index (χ2n) is 22.0. The number of phenols is 2. The third kappa shape index (κ3) is 8.45. The largest absolute Gasteiger partial charge is 0.508 e. The van der Waals surface area contributed by atoms with E-state index in [1.807, 2.05) is 24.3 Å². The summed E-state index contributed by atoms with van der Waals surface area (Å²) in [4.78, 5) is 4.96. The van der Waals surface area contributed by atoms with Crippen LogP contribution in [0.2, 0.25) is 0 Å². The lowest BCUT2D eigenvalue weighted by Gasteiger charge is -2.55. The van der Waals surface area contributed by atoms with Crippen LogP contribution in [0.25, 0.3) is 11.1 Å². The highest BCUT2D eigenvalue weighted by Crippen LogP contribution is 2.61. The van der Waals surface area contributed by atoms with Gasteiger partial charge in [-0.3, -0.25) is 4.99 Å². The summed E-state index contributed by atoms with van der Waals surface area (Å²) in [5.41, 5.74) is 13.8. The molecule has 5 aliphatic heterocycles. The number of aromatic hydroxyl groups is 2. The van der Waals surface area contributed by atoms with Crippen LogP contribution in [0.3, 0.4) is 0 Å². The summed E-state index contributed by atoms with van der Waals surface area (Å²) in [5.74, 6) is 5.04. The second kappa shape index (κ2) is 18.6. The van der Waals surface area contributed by atoms with E-state index in [0.29, 0.717) is 78.7 Å². The lowest BCUT2D eigenvalue weighted by atomic mass is 9.52. The van der Waals surface area contributed by atoms with E-state index in [9.17, 15) is 20.4 Å². The number of benzene rings is 3. The molecule has 5 aliphatic carbocycles. The van der Waals surface area contributed by atoms with Crippen LogP contribution in [0.15, 0.2) is 53.5 Å². The van der Waals surface area contributed by atoms with Gasteiger partial charge in [-0.1, -0.05) is 58.3 Å². The monoisotopic (exact) mass is 902 g/mol. The van der Waals surface area contributed by atoms with Gasteiger partial charge in [0.05, 0.1) is 19.3 Å². The second-order valence-corrected chi connectivity index (χ2v) is 22.0. The molecular formula is C56H75N3O7. The van der Waals surface area contributed by atoms with Crippen molar-refractivity contribution in [2.45, 2.75) is 154 Å². The van der Waals surface area contributed by atoms with Crippen LogP contribution >= 0.6 is 0 Å². The van der Waals surface area contributed by atoms with Gasteiger partial charge in [0.25, 0.3) is 0 Å². The van der Waals surface area contributed by atoms with Gasteiger partial charge in [0.2, 0.25) is 0 Å². The molecule has 11 unspecified atom stereocenters. The molecule has 5 heterocycles. The fourth-order valence-electron chi connectivity index (χ4n) is 14.5. The third-order valence-corrected chi connectivity index (χ3v) is 17.7. The molecule has 3 aromatic rings. The average molecular weight is 902 g/mol. The number of guanidine groups is 1. The van der Waals surface area contributed by atoms with Gasteiger partial charge in [0.1, 0.15) is 29.5 Å². The quantitative estimate of drug-likeness (QED) is 0.140. The first kappa shape index (κ1) is 45.4. The van der Waals surface area contributed by atoms with Crippen LogP contribution in [0.5, 0.6) is 28.7 Å². The Bertz CT molecular complexity index is 2320. The molecule has 13 rings (SSSR count). The first-order valence-corrected chi connectivity index (χ1v) is 25.8. The summed E-state index contributed by atoms with van der Waals surface area (Å²) in [6.07, 6.45) is 18.1. The lowest BCUT2D eigenvalue weighted by Crippen LogP contribution is -2.55. The fourth-order valence-corrected chi connectivity index (χ4v) is 14.5. The smallest absolute Gasteiger partial charge is 0.188 e. The van der Waals surface area contributed by atoms with Gasteiger partial charge in [0, 0.05) is 42.6 Å². The van der Waals surface area contributed by atoms with Crippen molar-refractivity contribution in [1.82, 2.24) is 5.32 Å². The molecule has 10 aliphatic rings. The predicted molar refractivity (Wildman–Crippen MR) is 259 cm³/mol. The molecule has 0 saturated heterocycles. The van der Waals surface area contributed by atoms with Crippen molar-refractivity contribution < 1.29 is 34.6 Å². The Morgan fingerprint density at radius 2 is 1.68 bits per heavy atom. The number of aliphatic hydroxyl groups is 2. The molecule has 10 heteroatoms. The van der Waals surface area contributed by atoms with Crippen molar-refractivity contribution in [2.24, 2.45) is 57.6 Å². The first-order valence-electron chi connectivity index (χ1n) is 25.8. The molecule has 12 bridgehead atoms. The van der Waals surface area contributed by atoms with E-state index in [1.54, 1.807) is 13.2 Å². The number of hydrogen-bond acceptors (Lipinski definition) is 10. The lowest BCUT2D eigenvalue weighted by molar-refractivity contribution is -0.104. The Labute approximate surface area is 392 Å². The maximum Gasteiger partial charge on any atom is 0.188 e. The van der Waals surface area contributed by atoms with Gasteiger partial charge in [-0.25, -0.2) is 0 Å². The molecule has 3 fully saturated rings. The minimum atomic E-state index is -0.863. The zero-order chi connectivity index (χ0) is 45.9. The molecule has 356 valence electrons. The van der Waals surface area contributed by atoms with Crippen molar-refractivity contribution in [2.75, 3.05) is 20.2 Å². The highest BCUT2D eigenvalue weighted by Gasteiger charge is 2.56. The summed E-state index contributed by atoms with van der Waals surface area (Å²) in [6, 6.07) is 11.7. The van der Waals surface area contributed by atoms with Crippen molar-refractivity contribution in [1.29, 1.82) is 0 Å². The standard InChI is InChI=1S/C56H75N3O7/c1-5-32-22-35-12-11-34(32)23-40(60)9-8-20-58-55(57)59-30-37-13-10-33-16-19-56(17-6-7-18-56)52(37)54(33)66-48-27-36(14-15-44(48)61)53-46(63)28-43-47(65-53)29-49(64-4)51-42-25-39(21-31(2)3)45(62)26-38(42)24-41(35)50(43)51/h11-12,14-15,25-27,29,31-35,37,40-41,46,52-54,60-63H,5-10,13,16-24,28,30H2,1-4H3,(H3,57,58,59). The van der Waals surface area contributed by atoms with Crippen molar-refractivity contribution in [3.05, 3.63) is 76.4 Å². The highest BCUT2D eigenvalue weighted by atomic mass is 16.5. The van der Waals surface area contributed by atoms with E-state index in [4.69, 9.17) is 24.9 Å². The highest BCUT2D eigenvalue weighted by molar-refractivity contribution is 5.84. The molecule has 3 saturated carbocycles. The van der Waals surface area contributed by atoms with Gasteiger partial charge in [-0.05, 0) is 176 Å². The van der Waals surface area contributed by atoms with Crippen LogP contribution in [0, 0.1) is 46.8 Å². The minimum absolute atomic E-state index is 0.0441. The number of ether oxygens (including phenoxy) is 3. The molecule has 1 spiro atoms. The number of allylic oxidation sites excluding steroid dienone is 2. The number of aliphatic hydroxyl groups excluding tert-OH is 2. The summed E-state index contributed by atoms with van der Waals surface area (Å²) in [7, 11) is 1.73. The molecule has 0 aromatic heterocycles. The van der Waals surface area contributed by atoms with Gasteiger partial charge >= 0.3 is 0 Å². The predicted octanol–water partition coefficient (Wildman–Crippen LogP) is 10.1. The van der Waals surface area contributed by atoms with Crippen molar-refractivity contribution in [3.8, 4) is 39.9 Å². The van der Waals surface area contributed by atoms with Crippen LogP contribution in [0.1, 0.15) is 144 Å². The topological polar surface area (TPSA) is 159 Å². The Morgan fingerprint density at radius 1 is 0.879 bits per heavy atom. The minimum Gasteiger partial charge on any atom is -0.508 e. The number of nitrogens with two attached hydrogens (primary N) is 1. The van der Waals surface area contributed by atoms with Crippen molar-refractivity contribution >= 4 is 5.96 Å². The summed E-state index contributed by atoms with van der Waals surface area (Å²) >= 11 is 0. The summed E-state index contributed by atoms with van der Waals surface area (Å²) < 4.78 is 20.5. The van der Waals surface area contributed by atoms with Gasteiger partial charge in [-0.2, -0.15) is 0 Å². The van der Waals surface area contributed by atoms with Crippen LogP contribution in [0.4, 0.5) is 0 Å². The number of fused-ring (bicyclic) bond motifs is 2. The first-order chi connectivity index (χ1) is 31.9. The van der Waals surface area contributed by atoms with E-state index >= 15 is 0 Å². The Kier molecular flexibility index (Phi) is 12.8. The van der Waals surface area contributed by atoms with Crippen LogP contribution < -0.4 is 25.3 Å². The van der Waals surface area contributed by atoms with E-state index < -0.39 is 18.3 Å². The SMILES string of the molecule is CCC1CC2C=CC1CC(O)CCCNC(N)=NCC1CCC3CCC4(CCCC4)C1C3Oc1cc(ccc1O)C1Oc3cc(OC)c4c(c3CC1O)C2Cc1cc(O)c(CC(C)C)cc1-4. The number of phenolic OH excluding ortho intramolecular Hbond substituents is 2. The number of rotatable bonds is 4. The number of aliphatic imine (C=N–C) groups is 1. The Morgan fingerprint density at radius 3 is 2.47 bits per heavy atom. The molecule has 0 amide bonds. The zero-order valence-corrected chi connectivity index (χ0v) is 39.8. The van der Waals surface area contributed by atoms with E-state index in [2.05, 4.69) is 44.3 Å². The molecule has 11 atom stereocenters. The zero-order valence-electron chi connectivity index (χ0n) is 39.8. The molecule has 3 aromatic carbocycles. The summed E-state index contributed by atoms with van der Waals surface area (Å²) in [6.45, 7) is 7.93. The maximum atomic E-state index is 12.3. The Hall–Kier alpha value is -4.41. The van der Waals surface area contributed by atoms with Gasteiger partial charge in [-0.15, -0.1) is 0 Å². The molecular weight excluding hydrogens is 827 g/mol. The van der Waals surface area contributed by atoms with E-state index in [-0.39, 0.29) is 35.0 Å². The third-order valence-electron chi connectivity index (χ3n) is 17.7. The maximum absolute atomic E-state index is 12.3. The fraction of sp³-hybridized carbons (Fsp3) is 0.625. The normalized spacial score (nSPS) is 32.5. The van der Waals surface area contributed by atoms with E-state index in [0.717, 1.165) is 96.9 Å². The number of methoxy groups -OCH3 is 1. The molecule has 0 radical (unpaired) electrons. The number of nitrogens with one attached hydrogen (secondary N) is 1. The summed E-state index contributed by atoms with van der Waals surface area (Å²) in [5, 5.41) is 50.1. The molecule has 7 N–H and O–H groups in total. The van der Waals surface area contributed by atoms with Crippen LogP contribution in [-0.2, 0) is 19.3 Å². The molecule has 10 nitrogen and oxygen atoms in total. The van der Waals surface area contributed by atoms with E-state index in [1.165, 1.54) is 37.7 Å². The average Bonchev–Trinajstić information content (AvgIpc) is 3.78. The number of hydrogen-bond donors (Lipinski definition) is 6. The van der Waals surface area contributed by atoms with Crippen LogP contribution in [-0.4, -0.2) is 64.9 Å². The van der Waals surface area contributed by atoms with Gasteiger partial charge < -0.3 is 45.7 Å². The van der Waals surface area contributed by atoms with Gasteiger partial charge in [0.15, 0.2) is 17.5 Å². The Balaban J connectivity index is 1.07. The molecule has 66 heavy (non-hydrogen) atoms. The number of nitrogens with zero attached hydrogens (tertiary/aromatic N) is 1.